The van der Waals surface area contributed by atoms with Gasteiger partial charge in [-0.3, -0.25) is 9.78 Å². The lowest BCUT2D eigenvalue weighted by atomic mass is 10.1. The molecule has 5 rings (SSSR count). The van der Waals surface area contributed by atoms with Crippen LogP contribution >= 0.6 is 0 Å². The zero-order valence-electron chi connectivity index (χ0n) is 17.5. The first-order valence-corrected chi connectivity index (χ1v) is 10.6. The summed E-state index contributed by atoms with van der Waals surface area (Å²) in [5, 5.41) is 0. The Labute approximate surface area is 182 Å². The molecule has 1 atom stereocenters. The fourth-order valence-corrected chi connectivity index (χ4v) is 4.15. The van der Waals surface area contributed by atoms with Crippen LogP contribution in [0.1, 0.15) is 34.5 Å². The number of aromatic nitrogens is 1. The van der Waals surface area contributed by atoms with Crippen LogP contribution in [0.2, 0.25) is 0 Å². The lowest BCUT2D eigenvalue weighted by molar-refractivity contribution is 0.0996. The number of hydrogen-bond donors (Lipinski definition) is 0. The molecular weight excluding hydrogens is 390 g/mol. The third-order valence-electron chi connectivity index (χ3n) is 5.91. The van der Waals surface area contributed by atoms with Gasteiger partial charge in [0, 0.05) is 42.4 Å². The predicted molar refractivity (Wildman–Crippen MR) is 120 cm³/mol. The number of anilines is 2. The topological polar surface area (TPSA) is 54.9 Å². The smallest absolute Gasteiger partial charge is 0.258 e. The van der Waals surface area contributed by atoms with Crippen LogP contribution in [0, 0.1) is 0 Å². The minimum Gasteiger partial charge on any atom is -0.486 e. The van der Waals surface area contributed by atoms with Gasteiger partial charge in [-0.15, -0.1) is 0 Å². The summed E-state index contributed by atoms with van der Waals surface area (Å²) in [5.41, 5.74) is 4.86. The maximum absolute atomic E-state index is 13.0. The minimum atomic E-state index is -0.0954. The normalized spacial score (nSPS) is 16.9. The standard InChI is InChI=1S/C25H25N3O3/c1-18(19-8-10-26-11-9-19)31-23-6-7-24-20(16-23)17-28(25(24)29)22-4-2-21(3-5-22)27-12-14-30-15-13-27/h2-11,16,18H,12-15,17H2,1H3. The maximum atomic E-state index is 13.0. The van der Waals surface area contributed by atoms with Crippen molar-refractivity contribution in [2.75, 3.05) is 36.1 Å². The summed E-state index contributed by atoms with van der Waals surface area (Å²) in [6.07, 6.45) is 3.43. The van der Waals surface area contributed by atoms with E-state index < -0.39 is 0 Å². The maximum Gasteiger partial charge on any atom is 0.258 e. The van der Waals surface area contributed by atoms with Gasteiger partial charge >= 0.3 is 0 Å². The summed E-state index contributed by atoms with van der Waals surface area (Å²) >= 11 is 0. The van der Waals surface area contributed by atoms with E-state index in [1.54, 1.807) is 12.4 Å². The number of carbonyl (C=O) groups is 1. The first-order valence-electron chi connectivity index (χ1n) is 10.6. The minimum absolute atomic E-state index is 0.0304. The molecule has 0 N–H and O–H groups in total. The highest BCUT2D eigenvalue weighted by Crippen LogP contribution is 2.33. The van der Waals surface area contributed by atoms with E-state index in [9.17, 15) is 4.79 Å². The van der Waals surface area contributed by atoms with Gasteiger partial charge in [0.05, 0.1) is 19.8 Å². The van der Waals surface area contributed by atoms with Crippen LogP contribution in [0.4, 0.5) is 11.4 Å². The highest BCUT2D eigenvalue weighted by atomic mass is 16.5. The van der Waals surface area contributed by atoms with Crippen LogP contribution in [0.25, 0.3) is 0 Å². The van der Waals surface area contributed by atoms with Crippen molar-refractivity contribution in [2.24, 2.45) is 0 Å². The van der Waals surface area contributed by atoms with E-state index in [4.69, 9.17) is 9.47 Å². The number of ether oxygens (including phenoxy) is 2. The van der Waals surface area contributed by atoms with Crippen LogP contribution in [0.3, 0.4) is 0 Å². The molecule has 0 saturated carbocycles. The molecule has 0 bridgehead atoms. The number of benzene rings is 2. The van der Waals surface area contributed by atoms with Gasteiger partial charge in [0.1, 0.15) is 11.9 Å². The Balaban J connectivity index is 1.30. The van der Waals surface area contributed by atoms with E-state index in [1.807, 2.05) is 54.3 Å². The molecule has 1 fully saturated rings. The Morgan fingerprint density at radius 1 is 0.968 bits per heavy atom. The van der Waals surface area contributed by atoms with Crippen molar-refractivity contribution in [1.29, 1.82) is 0 Å². The quantitative estimate of drug-likeness (QED) is 0.625. The molecule has 6 heteroatoms. The van der Waals surface area contributed by atoms with Crippen molar-refractivity contribution < 1.29 is 14.3 Å². The molecule has 1 amide bonds. The molecule has 2 aliphatic rings. The molecule has 31 heavy (non-hydrogen) atoms. The van der Waals surface area contributed by atoms with Gasteiger partial charge in [0.25, 0.3) is 5.91 Å². The number of nitrogens with zero attached hydrogens (tertiary/aromatic N) is 3. The number of pyridine rings is 1. The Morgan fingerprint density at radius 2 is 1.68 bits per heavy atom. The van der Waals surface area contributed by atoms with E-state index in [0.717, 1.165) is 60.1 Å². The Hall–Kier alpha value is -3.38. The molecule has 3 aromatic rings. The van der Waals surface area contributed by atoms with Gasteiger partial charge in [0.2, 0.25) is 0 Å². The van der Waals surface area contributed by atoms with Gasteiger partial charge in [-0.1, -0.05) is 0 Å². The van der Waals surface area contributed by atoms with Gasteiger partial charge in [-0.05, 0) is 72.6 Å². The van der Waals surface area contributed by atoms with E-state index in [-0.39, 0.29) is 12.0 Å². The fourth-order valence-electron chi connectivity index (χ4n) is 4.15. The molecule has 1 aromatic heterocycles. The number of carbonyl (C=O) groups excluding carboxylic acids is 1. The molecule has 2 aliphatic heterocycles. The van der Waals surface area contributed by atoms with Crippen molar-refractivity contribution in [2.45, 2.75) is 19.6 Å². The first-order chi connectivity index (χ1) is 15.2. The average molecular weight is 415 g/mol. The van der Waals surface area contributed by atoms with Crippen LogP contribution in [-0.2, 0) is 11.3 Å². The monoisotopic (exact) mass is 415 g/mol. The summed E-state index contributed by atoms with van der Waals surface area (Å²) in [6.45, 7) is 5.86. The van der Waals surface area contributed by atoms with Gasteiger partial charge < -0.3 is 19.3 Å². The highest BCUT2D eigenvalue weighted by Gasteiger charge is 2.29. The molecule has 1 unspecified atom stereocenters. The summed E-state index contributed by atoms with van der Waals surface area (Å²) in [6, 6.07) is 17.8. The molecule has 2 aromatic carbocycles. The van der Waals surface area contributed by atoms with E-state index in [2.05, 4.69) is 22.0 Å². The van der Waals surface area contributed by atoms with Crippen LogP contribution in [0.5, 0.6) is 5.75 Å². The van der Waals surface area contributed by atoms with Crippen LogP contribution < -0.4 is 14.5 Å². The van der Waals surface area contributed by atoms with Gasteiger partial charge in [-0.25, -0.2) is 0 Å². The third kappa shape index (κ3) is 3.99. The lowest BCUT2D eigenvalue weighted by Gasteiger charge is -2.29. The Bertz CT molecular complexity index is 1060. The molecule has 158 valence electrons. The zero-order valence-corrected chi connectivity index (χ0v) is 17.5. The second-order valence-corrected chi connectivity index (χ2v) is 7.87. The fraction of sp³-hybridized carbons (Fsp3) is 0.280. The molecule has 0 aliphatic carbocycles. The van der Waals surface area contributed by atoms with Crippen molar-refractivity contribution in [1.82, 2.24) is 4.98 Å². The Kier molecular flexibility index (Phi) is 5.30. The zero-order chi connectivity index (χ0) is 21.2. The van der Waals surface area contributed by atoms with Crippen molar-refractivity contribution in [3.8, 4) is 5.75 Å². The van der Waals surface area contributed by atoms with Crippen molar-refractivity contribution in [3.05, 3.63) is 83.7 Å². The number of morpholine rings is 1. The van der Waals surface area contributed by atoms with Crippen molar-refractivity contribution >= 4 is 17.3 Å². The summed E-state index contributed by atoms with van der Waals surface area (Å²) in [4.78, 5) is 21.2. The third-order valence-corrected chi connectivity index (χ3v) is 5.91. The summed E-state index contributed by atoms with van der Waals surface area (Å²) < 4.78 is 11.5. The molecule has 1 saturated heterocycles. The molecule has 0 spiro atoms. The average Bonchev–Trinajstić information content (AvgIpc) is 3.16. The number of amides is 1. The lowest BCUT2D eigenvalue weighted by Crippen LogP contribution is -2.36. The largest absolute Gasteiger partial charge is 0.486 e. The summed E-state index contributed by atoms with van der Waals surface area (Å²) in [7, 11) is 0. The predicted octanol–water partition coefficient (Wildman–Crippen LogP) is 4.22. The first kappa shape index (κ1) is 19.6. The highest BCUT2D eigenvalue weighted by molar-refractivity contribution is 6.10. The Morgan fingerprint density at radius 3 is 2.42 bits per heavy atom. The second-order valence-electron chi connectivity index (χ2n) is 7.87. The molecular formula is C25H25N3O3. The SMILES string of the molecule is CC(Oc1ccc2c(c1)CN(c1ccc(N3CCOCC3)cc1)C2=O)c1ccncc1. The van der Waals surface area contributed by atoms with E-state index in [0.29, 0.717) is 6.54 Å². The number of fused-ring (bicyclic) bond motifs is 1. The second kappa shape index (κ2) is 8.40. The number of hydrogen-bond acceptors (Lipinski definition) is 5. The molecule has 6 nitrogen and oxygen atoms in total. The van der Waals surface area contributed by atoms with Crippen molar-refractivity contribution in [3.63, 3.8) is 0 Å². The summed E-state index contributed by atoms with van der Waals surface area (Å²) in [5.74, 6) is 0.795. The van der Waals surface area contributed by atoms with Gasteiger partial charge in [-0.2, -0.15) is 0 Å². The van der Waals surface area contributed by atoms with E-state index >= 15 is 0 Å². The van der Waals surface area contributed by atoms with Crippen LogP contribution in [0.15, 0.2) is 67.0 Å². The molecule has 0 radical (unpaired) electrons. The van der Waals surface area contributed by atoms with Crippen LogP contribution in [-0.4, -0.2) is 37.2 Å². The number of rotatable bonds is 5. The van der Waals surface area contributed by atoms with Gasteiger partial charge in [0.15, 0.2) is 0 Å². The van der Waals surface area contributed by atoms with E-state index in [1.165, 1.54) is 0 Å². The molecule has 3 heterocycles.